The van der Waals surface area contributed by atoms with Crippen molar-refractivity contribution in [1.82, 2.24) is 9.80 Å². The topological polar surface area (TPSA) is 99.2 Å². The average molecular weight is 483 g/mol. The van der Waals surface area contributed by atoms with Crippen LogP contribution in [0.25, 0.3) is 0 Å². The highest BCUT2D eigenvalue weighted by molar-refractivity contribution is 5.96. The van der Waals surface area contributed by atoms with Crippen molar-refractivity contribution in [2.45, 2.75) is 25.7 Å². The number of carbonyl (C=O) groups excluding carboxylic acids is 1. The SMILES string of the molecule is CN(C)CC(=O)N1CCCc2ccc([N+](=O)[O-])cc21.CN(C)CCN1CCCc2ccc(N)cc21. The maximum Gasteiger partial charge on any atom is 0.271 e. The number of nitrogens with zero attached hydrogens (tertiary/aromatic N) is 5. The molecular formula is C26H38N6O3. The van der Waals surface area contributed by atoms with Gasteiger partial charge in [-0.1, -0.05) is 12.1 Å². The minimum absolute atomic E-state index is 0.0218. The van der Waals surface area contributed by atoms with Gasteiger partial charge in [-0.05, 0) is 77.1 Å². The first kappa shape index (κ1) is 26.4. The van der Waals surface area contributed by atoms with Gasteiger partial charge in [0.1, 0.15) is 0 Å². The second kappa shape index (κ2) is 12.0. The number of nitrogen functional groups attached to an aromatic ring is 1. The number of nitro benzene ring substituents is 1. The summed E-state index contributed by atoms with van der Waals surface area (Å²) in [6.07, 6.45) is 4.20. The Morgan fingerprint density at radius 1 is 0.971 bits per heavy atom. The van der Waals surface area contributed by atoms with Crippen LogP contribution in [-0.2, 0) is 17.6 Å². The van der Waals surface area contributed by atoms with E-state index in [1.807, 2.05) is 20.2 Å². The van der Waals surface area contributed by atoms with Gasteiger partial charge in [-0.2, -0.15) is 0 Å². The number of hydrogen-bond acceptors (Lipinski definition) is 7. The van der Waals surface area contributed by atoms with Crippen LogP contribution in [0.15, 0.2) is 36.4 Å². The van der Waals surface area contributed by atoms with Gasteiger partial charge in [0.2, 0.25) is 5.91 Å². The molecule has 0 aliphatic carbocycles. The van der Waals surface area contributed by atoms with E-state index in [-0.39, 0.29) is 11.6 Å². The van der Waals surface area contributed by atoms with Gasteiger partial charge in [0.05, 0.1) is 17.2 Å². The summed E-state index contributed by atoms with van der Waals surface area (Å²) < 4.78 is 0. The van der Waals surface area contributed by atoms with Gasteiger partial charge in [0.25, 0.3) is 5.69 Å². The molecule has 1 amide bonds. The van der Waals surface area contributed by atoms with Crippen LogP contribution in [0.3, 0.4) is 0 Å². The van der Waals surface area contributed by atoms with Crippen molar-refractivity contribution in [3.63, 3.8) is 0 Å². The lowest BCUT2D eigenvalue weighted by Gasteiger charge is -2.32. The van der Waals surface area contributed by atoms with Crippen LogP contribution in [0.2, 0.25) is 0 Å². The van der Waals surface area contributed by atoms with Crippen molar-refractivity contribution in [1.29, 1.82) is 0 Å². The molecule has 2 N–H and O–H groups in total. The van der Waals surface area contributed by atoms with E-state index in [4.69, 9.17) is 5.73 Å². The fraction of sp³-hybridized carbons (Fsp3) is 0.500. The van der Waals surface area contributed by atoms with Crippen molar-refractivity contribution in [2.75, 3.05) is 76.4 Å². The minimum atomic E-state index is -0.427. The fourth-order valence-electron chi connectivity index (χ4n) is 4.51. The zero-order chi connectivity index (χ0) is 25.5. The van der Waals surface area contributed by atoms with Crippen molar-refractivity contribution in [3.05, 3.63) is 57.6 Å². The summed E-state index contributed by atoms with van der Waals surface area (Å²) >= 11 is 0. The molecule has 0 spiro atoms. The van der Waals surface area contributed by atoms with E-state index in [2.05, 4.69) is 36.0 Å². The number of likely N-dealkylation sites (N-methyl/N-ethyl adjacent to an activating group) is 2. The molecule has 2 heterocycles. The average Bonchev–Trinajstić information content (AvgIpc) is 2.81. The van der Waals surface area contributed by atoms with Crippen LogP contribution in [0.4, 0.5) is 22.7 Å². The molecule has 0 atom stereocenters. The number of hydrogen-bond donors (Lipinski definition) is 1. The summed E-state index contributed by atoms with van der Waals surface area (Å²) in [5, 5.41) is 10.8. The van der Waals surface area contributed by atoms with Gasteiger partial charge < -0.3 is 25.3 Å². The largest absolute Gasteiger partial charge is 0.399 e. The van der Waals surface area contributed by atoms with Crippen LogP contribution in [-0.4, -0.2) is 81.5 Å². The third kappa shape index (κ3) is 7.16. The summed E-state index contributed by atoms with van der Waals surface area (Å²) in [5.74, 6) is -0.0218. The molecule has 9 heteroatoms. The first-order valence-electron chi connectivity index (χ1n) is 12.2. The van der Waals surface area contributed by atoms with Gasteiger partial charge in [-0.25, -0.2) is 0 Å². The van der Waals surface area contributed by atoms with Crippen molar-refractivity contribution >= 4 is 28.7 Å². The molecule has 190 valence electrons. The van der Waals surface area contributed by atoms with E-state index in [1.165, 1.54) is 36.2 Å². The third-order valence-electron chi connectivity index (χ3n) is 6.29. The van der Waals surface area contributed by atoms with Crippen LogP contribution >= 0.6 is 0 Å². The Labute approximate surface area is 208 Å². The van der Waals surface area contributed by atoms with Crippen molar-refractivity contribution < 1.29 is 9.72 Å². The van der Waals surface area contributed by atoms with Gasteiger partial charge in [0.15, 0.2) is 0 Å². The molecule has 35 heavy (non-hydrogen) atoms. The lowest BCUT2D eigenvalue weighted by Crippen LogP contribution is -2.40. The number of nitrogens with two attached hydrogens (primary N) is 1. The maximum atomic E-state index is 12.2. The van der Waals surface area contributed by atoms with E-state index < -0.39 is 4.92 Å². The number of fused-ring (bicyclic) bond motifs is 2. The standard InChI is InChI=1S/C13H17N3O3.C13H21N3/c1-14(2)9-13(17)15-7-3-4-10-5-6-11(16(18)19)8-12(10)15;1-15(2)8-9-16-7-3-4-11-5-6-12(14)10-13(11)16/h5-6,8H,3-4,7,9H2,1-2H3;5-6,10H,3-4,7-9,14H2,1-2H3. The lowest BCUT2D eigenvalue weighted by molar-refractivity contribution is -0.384. The second-order valence-electron chi connectivity index (χ2n) is 9.74. The van der Waals surface area contributed by atoms with Gasteiger partial charge in [-0.3, -0.25) is 14.9 Å². The van der Waals surface area contributed by atoms with E-state index in [0.29, 0.717) is 18.8 Å². The molecule has 9 nitrogen and oxygen atoms in total. The molecule has 2 aliphatic heterocycles. The number of rotatable bonds is 6. The Kier molecular flexibility index (Phi) is 9.06. The molecule has 0 saturated carbocycles. The predicted octanol–water partition coefficient (Wildman–Crippen LogP) is 3.02. The summed E-state index contributed by atoms with van der Waals surface area (Å²) in [6, 6.07) is 11.0. The number of aryl methyl sites for hydroxylation is 2. The Hall–Kier alpha value is -3.17. The predicted molar refractivity (Wildman–Crippen MR) is 142 cm³/mol. The highest BCUT2D eigenvalue weighted by Gasteiger charge is 2.24. The molecule has 2 aromatic carbocycles. The molecule has 0 unspecified atom stereocenters. The lowest BCUT2D eigenvalue weighted by atomic mass is 10.0. The molecule has 2 aromatic rings. The number of nitro groups is 1. The number of benzene rings is 2. The normalized spacial score (nSPS) is 14.8. The first-order chi connectivity index (χ1) is 16.7. The number of carbonyl (C=O) groups is 1. The van der Waals surface area contributed by atoms with E-state index in [1.54, 1.807) is 15.9 Å². The summed E-state index contributed by atoms with van der Waals surface area (Å²) in [7, 11) is 7.89. The van der Waals surface area contributed by atoms with Gasteiger partial charge in [-0.15, -0.1) is 0 Å². The fourth-order valence-corrected chi connectivity index (χ4v) is 4.51. The Bertz CT molecular complexity index is 1040. The number of anilines is 3. The zero-order valence-electron chi connectivity index (χ0n) is 21.4. The third-order valence-corrected chi connectivity index (χ3v) is 6.29. The van der Waals surface area contributed by atoms with E-state index >= 15 is 0 Å². The van der Waals surface area contributed by atoms with Crippen molar-refractivity contribution in [2.24, 2.45) is 0 Å². The molecule has 0 saturated heterocycles. The molecule has 4 rings (SSSR count). The Morgan fingerprint density at radius 3 is 2.29 bits per heavy atom. The van der Waals surface area contributed by atoms with Gasteiger partial charge in [0, 0.05) is 49.7 Å². The first-order valence-corrected chi connectivity index (χ1v) is 12.2. The smallest absolute Gasteiger partial charge is 0.271 e. The molecule has 2 aliphatic rings. The van der Waals surface area contributed by atoms with E-state index in [9.17, 15) is 14.9 Å². The molecule has 0 bridgehead atoms. The Balaban J connectivity index is 0.000000198. The Morgan fingerprint density at radius 2 is 1.63 bits per heavy atom. The summed E-state index contributed by atoms with van der Waals surface area (Å²) in [4.78, 5) is 30.7. The minimum Gasteiger partial charge on any atom is -0.399 e. The number of non-ortho nitro benzene ring substituents is 1. The number of amides is 1. The van der Waals surface area contributed by atoms with Crippen molar-refractivity contribution in [3.8, 4) is 0 Å². The van der Waals surface area contributed by atoms with E-state index in [0.717, 1.165) is 43.7 Å². The van der Waals surface area contributed by atoms with Gasteiger partial charge >= 0.3 is 0 Å². The molecule has 0 radical (unpaired) electrons. The van der Waals surface area contributed by atoms with Crippen LogP contribution in [0.5, 0.6) is 0 Å². The van der Waals surface area contributed by atoms with Crippen LogP contribution < -0.4 is 15.5 Å². The highest BCUT2D eigenvalue weighted by atomic mass is 16.6. The highest BCUT2D eigenvalue weighted by Crippen LogP contribution is 2.31. The van der Waals surface area contributed by atoms with Crippen LogP contribution in [0.1, 0.15) is 24.0 Å². The summed E-state index contributed by atoms with van der Waals surface area (Å²) in [5.41, 5.74) is 11.2. The maximum absolute atomic E-state index is 12.2. The summed E-state index contributed by atoms with van der Waals surface area (Å²) in [6.45, 7) is 4.27. The second-order valence-corrected chi connectivity index (χ2v) is 9.74. The molecule has 0 fully saturated rings. The van der Waals surface area contributed by atoms with Crippen LogP contribution in [0, 0.1) is 10.1 Å². The molecular weight excluding hydrogens is 444 g/mol. The quantitative estimate of drug-likeness (QED) is 0.384. The zero-order valence-corrected chi connectivity index (χ0v) is 21.4. The monoisotopic (exact) mass is 482 g/mol. The molecule has 0 aromatic heterocycles.